The van der Waals surface area contributed by atoms with Gasteiger partial charge in [0.05, 0.1) is 7.11 Å². The van der Waals surface area contributed by atoms with Crippen molar-refractivity contribution in [1.29, 1.82) is 0 Å². The summed E-state index contributed by atoms with van der Waals surface area (Å²) >= 11 is 0. The topological polar surface area (TPSA) is 35.5 Å². The van der Waals surface area contributed by atoms with E-state index in [1.165, 1.54) is 5.56 Å². The van der Waals surface area contributed by atoms with Crippen molar-refractivity contribution in [1.82, 2.24) is 0 Å². The summed E-state index contributed by atoms with van der Waals surface area (Å²) in [7, 11) is 1.66. The van der Waals surface area contributed by atoms with Gasteiger partial charge in [0.25, 0.3) is 0 Å². The lowest BCUT2D eigenvalue weighted by atomic mass is 9.64. The number of hydrogen-bond acceptors (Lipinski definition) is 3. The second kappa shape index (κ2) is 10.4. The zero-order valence-electron chi connectivity index (χ0n) is 21.9. The molecule has 0 aromatic heterocycles. The van der Waals surface area contributed by atoms with Gasteiger partial charge in [0.15, 0.2) is 0 Å². The minimum absolute atomic E-state index is 0.100. The van der Waals surface area contributed by atoms with E-state index in [4.69, 9.17) is 9.47 Å². The predicted octanol–water partition coefficient (Wildman–Crippen LogP) is 7.42. The molecular weight excluding hydrogens is 432 g/mol. The molecule has 0 aliphatic heterocycles. The smallest absolute Gasteiger partial charge is 0.324 e. The van der Waals surface area contributed by atoms with Gasteiger partial charge < -0.3 is 9.47 Å². The lowest BCUT2D eigenvalue weighted by Gasteiger charge is -2.45. The van der Waals surface area contributed by atoms with Crippen LogP contribution in [0, 0.1) is 17.3 Å². The van der Waals surface area contributed by atoms with Gasteiger partial charge in [-0.3, -0.25) is 4.79 Å². The molecule has 3 heteroatoms. The zero-order valence-corrected chi connectivity index (χ0v) is 21.9. The Bertz CT molecular complexity index is 1070. The molecule has 0 bridgehead atoms. The Balaban J connectivity index is 1.68. The van der Waals surface area contributed by atoms with Crippen molar-refractivity contribution in [2.24, 2.45) is 17.3 Å². The highest BCUT2D eigenvalue weighted by atomic mass is 16.5. The van der Waals surface area contributed by atoms with Crippen LogP contribution in [0.15, 0.2) is 84.1 Å². The predicted molar refractivity (Wildman–Crippen MR) is 142 cm³/mol. The molecule has 2 aliphatic carbocycles. The van der Waals surface area contributed by atoms with Crippen LogP contribution in [-0.2, 0) is 26.1 Å². The third-order valence-corrected chi connectivity index (χ3v) is 8.21. The van der Waals surface area contributed by atoms with Crippen LogP contribution in [0.3, 0.4) is 0 Å². The van der Waals surface area contributed by atoms with Gasteiger partial charge in [-0.05, 0) is 61.1 Å². The zero-order chi connectivity index (χ0) is 25.1. The summed E-state index contributed by atoms with van der Waals surface area (Å²) in [5.41, 5.74) is 2.51. The summed E-state index contributed by atoms with van der Waals surface area (Å²) in [5.74, 6) is 1.28. The molecule has 3 nitrogen and oxygen atoms in total. The average molecular weight is 473 g/mol. The van der Waals surface area contributed by atoms with E-state index in [1.54, 1.807) is 7.11 Å². The maximum absolute atomic E-state index is 14.2. The number of ether oxygens (including phenoxy) is 2. The Morgan fingerprint density at radius 1 is 1.03 bits per heavy atom. The van der Waals surface area contributed by atoms with E-state index < -0.39 is 5.41 Å². The fourth-order valence-corrected chi connectivity index (χ4v) is 6.15. The number of allylic oxidation sites excluding steroid dienone is 2. The van der Waals surface area contributed by atoms with Crippen molar-refractivity contribution in [3.63, 3.8) is 0 Å². The Morgan fingerprint density at radius 3 is 2.34 bits per heavy atom. The highest BCUT2D eigenvalue weighted by Gasteiger charge is 2.48. The van der Waals surface area contributed by atoms with Crippen molar-refractivity contribution < 1.29 is 14.3 Å². The van der Waals surface area contributed by atoms with Gasteiger partial charge in [-0.2, -0.15) is 0 Å². The minimum atomic E-state index is -0.944. The first-order chi connectivity index (χ1) is 16.8. The van der Waals surface area contributed by atoms with E-state index in [0.717, 1.165) is 36.8 Å². The molecule has 0 radical (unpaired) electrons. The summed E-state index contributed by atoms with van der Waals surface area (Å²) < 4.78 is 12.4. The first-order valence-electron chi connectivity index (χ1n) is 13.0. The molecule has 4 rings (SSSR count). The van der Waals surface area contributed by atoms with E-state index >= 15 is 0 Å². The van der Waals surface area contributed by atoms with Crippen LogP contribution >= 0.6 is 0 Å². The van der Waals surface area contributed by atoms with Gasteiger partial charge in [-0.15, -0.1) is 0 Å². The lowest BCUT2D eigenvalue weighted by Crippen LogP contribution is -2.47. The van der Waals surface area contributed by atoms with Crippen molar-refractivity contribution in [3.05, 3.63) is 95.3 Å². The Kier molecular flexibility index (Phi) is 7.54. The van der Waals surface area contributed by atoms with Crippen molar-refractivity contribution in [2.75, 3.05) is 7.11 Å². The van der Waals surface area contributed by atoms with E-state index in [-0.39, 0.29) is 23.4 Å². The van der Waals surface area contributed by atoms with Gasteiger partial charge in [-0.1, -0.05) is 99.5 Å². The van der Waals surface area contributed by atoms with Crippen molar-refractivity contribution in [2.45, 2.75) is 71.3 Å². The van der Waals surface area contributed by atoms with Crippen molar-refractivity contribution in [3.8, 4) is 0 Å². The van der Waals surface area contributed by atoms with Crippen LogP contribution in [0.25, 0.3) is 0 Å². The largest absolute Gasteiger partial charge is 0.500 e. The van der Waals surface area contributed by atoms with E-state index in [2.05, 4.69) is 82.3 Å². The van der Waals surface area contributed by atoms with Crippen LogP contribution in [0.4, 0.5) is 0 Å². The second-order valence-electron chi connectivity index (χ2n) is 11.2. The molecular formula is C32H40O3. The lowest BCUT2D eigenvalue weighted by molar-refractivity contribution is -0.166. The molecule has 186 valence electrons. The molecule has 0 heterocycles. The number of carbonyl (C=O) groups is 1. The number of methoxy groups -OCH3 is 1. The highest BCUT2D eigenvalue weighted by Crippen LogP contribution is 2.46. The van der Waals surface area contributed by atoms with Crippen molar-refractivity contribution >= 4 is 5.97 Å². The van der Waals surface area contributed by atoms with Gasteiger partial charge >= 0.3 is 5.97 Å². The molecule has 1 saturated carbocycles. The van der Waals surface area contributed by atoms with E-state index in [1.807, 2.05) is 18.2 Å². The van der Waals surface area contributed by atoms with Crippen LogP contribution in [0.1, 0.15) is 64.5 Å². The third-order valence-electron chi connectivity index (χ3n) is 8.21. The average Bonchev–Trinajstić information content (AvgIpc) is 2.85. The van der Waals surface area contributed by atoms with Gasteiger partial charge in [0, 0.05) is 5.92 Å². The summed E-state index contributed by atoms with van der Waals surface area (Å²) in [6.07, 6.45) is 8.42. The monoisotopic (exact) mass is 472 g/mol. The molecule has 1 unspecified atom stereocenters. The van der Waals surface area contributed by atoms with Gasteiger partial charge in [-0.25, -0.2) is 0 Å². The summed E-state index contributed by atoms with van der Waals surface area (Å²) in [5, 5.41) is 0. The Hall–Kier alpha value is -2.81. The molecule has 1 fully saturated rings. The first kappa shape index (κ1) is 25.3. The van der Waals surface area contributed by atoms with E-state index in [9.17, 15) is 4.79 Å². The third kappa shape index (κ3) is 5.24. The molecule has 4 atom stereocenters. The van der Waals surface area contributed by atoms with Crippen LogP contribution < -0.4 is 0 Å². The molecule has 0 spiro atoms. The van der Waals surface area contributed by atoms with Crippen LogP contribution in [-0.4, -0.2) is 19.2 Å². The summed E-state index contributed by atoms with van der Waals surface area (Å²) in [6.45, 7) is 8.96. The Labute approximate surface area is 211 Å². The molecule has 2 aromatic carbocycles. The summed E-state index contributed by atoms with van der Waals surface area (Å²) in [6, 6.07) is 20.9. The number of carbonyl (C=O) groups excluding carboxylic acids is 1. The SMILES string of the molecule is COC1=CCC(C)=CC1(Cc1ccccc1)C(=O)O[C@@H]1C[C@H](C)CC[C@H]1C(C)(C)c1ccccc1. The quantitative estimate of drug-likeness (QED) is 0.311. The normalized spacial score (nSPS) is 26.9. The molecule has 0 amide bonds. The number of rotatable bonds is 7. The molecule has 2 aliphatic rings. The second-order valence-corrected chi connectivity index (χ2v) is 11.2. The van der Waals surface area contributed by atoms with E-state index in [0.29, 0.717) is 18.1 Å². The van der Waals surface area contributed by atoms with Crippen LogP contribution in [0.5, 0.6) is 0 Å². The molecule has 35 heavy (non-hydrogen) atoms. The first-order valence-corrected chi connectivity index (χ1v) is 13.0. The molecule has 2 aromatic rings. The maximum atomic E-state index is 14.2. The standard InChI is InChI=1S/C32H40O3/c1-23-16-18-27(31(3,4)26-14-10-7-11-15-26)28(20-23)35-30(33)32(22-25-12-8-6-9-13-25)21-24(2)17-19-29(32)34-5/h6-15,19,21,23,27-28H,16-18,20,22H2,1-5H3/t23-,27-,28-,32?/m1/s1. The fraction of sp³-hybridized carbons (Fsp3) is 0.469. The molecule has 0 saturated heterocycles. The number of esters is 1. The highest BCUT2D eigenvalue weighted by molar-refractivity contribution is 5.84. The summed E-state index contributed by atoms with van der Waals surface area (Å²) in [4.78, 5) is 14.2. The minimum Gasteiger partial charge on any atom is -0.500 e. The van der Waals surface area contributed by atoms with Gasteiger partial charge in [0.2, 0.25) is 0 Å². The number of hydrogen-bond donors (Lipinski definition) is 0. The van der Waals surface area contributed by atoms with Crippen LogP contribution in [0.2, 0.25) is 0 Å². The number of benzene rings is 2. The molecule has 0 N–H and O–H groups in total. The van der Waals surface area contributed by atoms with Gasteiger partial charge in [0.1, 0.15) is 17.3 Å². The maximum Gasteiger partial charge on any atom is 0.324 e. The fourth-order valence-electron chi connectivity index (χ4n) is 6.15. The Morgan fingerprint density at radius 2 is 1.69 bits per heavy atom.